The van der Waals surface area contributed by atoms with Crippen LogP contribution in [-0.2, 0) is 35.1 Å². The van der Waals surface area contributed by atoms with Crippen LogP contribution in [0.2, 0.25) is 18.1 Å². The molecule has 3 aliphatic rings. The maximum atomic E-state index is 9.43. The first-order valence-electron chi connectivity index (χ1n) is 12.7. The molecule has 6 atom stereocenters. The molecule has 196 valence electrons. The number of aliphatic hydroxyl groups excluding tert-OH is 1. The molecular weight excluding hydrogens is 500 g/mol. The summed E-state index contributed by atoms with van der Waals surface area (Å²) in [6.45, 7) is 18.9. The zero-order chi connectivity index (χ0) is 25.6. The molecule has 3 aliphatic heterocycles. The van der Waals surface area contributed by atoms with Crippen LogP contribution in [0.3, 0.4) is 0 Å². The van der Waals surface area contributed by atoms with Gasteiger partial charge in [0, 0.05) is 0 Å². The molecule has 0 saturated carbocycles. The second-order valence-corrected chi connectivity index (χ2v) is 17.3. The number of hydrogen-bond acceptors (Lipinski definition) is 8. The van der Waals surface area contributed by atoms with Crippen molar-refractivity contribution in [3.8, 4) is 0 Å². The van der Waals surface area contributed by atoms with Gasteiger partial charge in [0.05, 0.1) is 0 Å². The van der Waals surface area contributed by atoms with Gasteiger partial charge in [-0.15, -0.1) is 0 Å². The summed E-state index contributed by atoms with van der Waals surface area (Å²) in [5, 5.41) is 9.56. The van der Waals surface area contributed by atoms with Gasteiger partial charge >= 0.3 is 158 Å². The van der Waals surface area contributed by atoms with Crippen molar-refractivity contribution in [1.29, 1.82) is 0 Å². The molecule has 0 amide bonds. The Morgan fingerprint density at radius 3 is 2.60 bits per heavy atom. The van der Waals surface area contributed by atoms with E-state index in [-0.39, 0.29) is 48.2 Å². The molecule has 0 radical (unpaired) electrons. The molecule has 11 heteroatoms. The van der Waals surface area contributed by atoms with Crippen molar-refractivity contribution in [2.24, 2.45) is 4.99 Å². The van der Waals surface area contributed by atoms with Gasteiger partial charge < -0.3 is 9.84 Å². The molecule has 0 aromatic heterocycles. The Bertz CT molecular complexity index is 818. The predicted octanol–water partition coefficient (Wildman–Crippen LogP) is 4.56. The zero-order valence-corrected chi connectivity index (χ0v) is 24.6. The van der Waals surface area contributed by atoms with Gasteiger partial charge in [0.1, 0.15) is 6.61 Å². The molecule has 0 aliphatic carbocycles. The molecule has 2 saturated heterocycles. The number of rotatable bonds is 10. The van der Waals surface area contributed by atoms with Crippen LogP contribution in [0.15, 0.2) is 17.1 Å². The van der Waals surface area contributed by atoms with E-state index < -0.39 is 8.32 Å². The van der Waals surface area contributed by atoms with Crippen molar-refractivity contribution in [3.63, 3.8) is 0 Å². The summed E-state index contributed by atoms with van der Waals surface area (Å²) in [4.78, 5) is 4.57. The minimum absolute atomic E-state index is 0.0112. The van der Waals surface area contributed by atoms with Gasteiger partial charge in [0.2, 0.25) is 5.90 Å². The molecule has 0 aromatic rings. The third kappa shape index (κ3) is 8.74. The van der Waals surface area contributed by atoms with Gasteiger partial charge in [0.15, 0.2) is 0 Å². The van der Waals surface area contributed by atoms with Crippen molar-refractivity contribution in [1.82, 2.24) is 0 Å². The first kappa shape index (κ1) is 29.5. The van der Waals surface area contributed by atoms with E-state index in [1.165, 1.54) is 5.57 Å². The molecule has 3 rings (SSSR count). The van der Waals surface area contributed by atoms with Crippen molar-refractivity contribution < 1.29 is 28.4 Å². The molecule has 1 N–H and O–H groups in total. The maximum absolute atomic E-state index is 9.43. The van der Waals surface area contributed by atoms with E-state index in [0.29, 0.717) is 26.0 Å². The quantitative estimate of drug-likeness (QED) is 0.188. The van der Waals surface area contributed by atoms with Crippen LogP contribution in [0.4, 0.5) is 0 Å². The Labute approximate surface area is 218 Å². The number of nitrogens with zero attached hydrogens (tertiary/aromatic N) is 1. The standard InChI is InChI=1S/C24H42BNO6PSSi/c1-16-9-17(7-8-29-25-33-34)30-18(10-16)11-19-12-20(32-35(5,6)24(2,3)4)13-22(31-19)21-15-28-23(14-27)26-21/h17-22,27H,1,7-15H2,2-6H3/q+1/t17-,18+,19+,20+,21?,22+/m0/s1. The van der Waals surface area contributed by atoms with Crippen LogP contribution in [0, 0.1) is 0 Å². The number of ether oxygens (including phenoxy) is 3. The topological polar surface area (TPSA) is 78.7 Å². The van der Waals surface area contributed by atoms with Gasteiger partial charge in [-0.1, -0.05) is 20.8 Å². The third-order valence-electron chi connectivity index (χ3n) is 7.57. The van der Waals surface area contributed by atoms with E-state index in [0.717, 1.165) is 38.5 Å². The molecule has 1 unspecified atom stereocenters. The Balaban J connectivity index is 1.67. The molecule has 0 spiro atoms. The van der Waals surface area contributed by atoms with E-state index in [4.69, 9.17) is 35.1 Å². The average molecular weight is 543 g/mol. The third-order valence-corrected chi connectivity index (χ3v) is 12.6. The normalized spacial score (nSPS) is 32.1. The minimum atomic E-state index is -1.94. The van der Waals surface area contributed by atoms with Gasteiger partial charge in [-0.3, -0.25) is 0 Å². The Morgan fingerprint density at radius 1 is 1.20 bits per heavy atom. The van der Waals surface area contributed by atoms with E-state index in [2.05, 4.69) is 45.4 Å². The molecule has 3 heterocycles. The fourth-order valence-electron chi connectivity index (χ4n) is 4.79. The monoisotopic (exact) mass is 542 g/mol. The first-order valence-corrected chi connectivity index (χ1v) is 17.6. The SMILES string of the molecule is C=C1C[C@H](C[C@@H]2C[C@@H](O[Si](C)(C)C(C)(C)C)C[C@H](C3COC(CO)=N3)O2)O[C@@H](CCOB=[P+]=S)C1. The van der Waals surface area contributed by atoms with Crippen LogP contribution < -0.4 is 0 Å². The fraction of sp³-hybridized carbons (Fsp3) is 0.875. The summed E-state index contributed by atoms with van der Waals surface area (Å²) in [6.07, 6.45) is 5.17. The van der Waals surface area contributed by atoms with Crippen LogP contribution in [0.1, 0.15) is 59.3 Å². The van der Waals surface area contributed by atoms with Crippen molar-refractivity contribution in [2.75, 3.05) is 19.8 Å². The average Bonchev–Trinajstić information content (AvgIpc) is 3.25. The van der Waals surface area contributed by atoms with E-state index in [1.807, 2.05) is 0 Å². The van der Waals surface area contributed by atoms with Gasteiger partial charge in [-0.2, -0.15) is 0 Å². The van der Waals surface area contributed by atoms with E-state index in [9.17, 15) is 5.11 Å². The van der Waals surface area contributed by atoms with E-state index in [1.54, 1.807) is 6.82 Å². The summed E-state index contributed by atoms with van der Waals surface area (Å²) in [6, 6.07) is -0.113. The van der Waals surface area contributed by atoms with Gasteiger partial charge in [-0.25, -0.2) is 0 Å². The molecule has 0 aromatic carbocycles. The second-order valence-electron chi connectivity index (χ2n) is 11.5. The zero-order valence-electron chi connectivity index (χ0n) is 21.9. The van der Waals surface area contributed by atoms with Crippen molar-refractivity contribution in [3.05, 3.63) is 12.2 Å². The van der Waals surface area contributed by atoms with Crippen molar-refractivity contribution >= 4 is 39.7 Å². The second kappa shape index (κ2) is 13.1. The summed E-state index contributed by atoms with van der Waals surface area (Å²) in [7, 11) is -1.94. The molecule has 2 fully saturated rings. The molecule has 0 bridgehead atoms. The summed E-state index contributed by atoms with van der Waals surface area (Å²) < 4.78 is 30.9. The molecule has 35 heavy (non-hydrogen) atoms. The number of hydrogen-bond donors (Lipinski definition) is 1. The van der Waals surface area contributed by atoms with Gasteiger partial charge in [0.25, 0.3) is 0 Å². The van der Waals surface area contributed by atoms with Gasteiger partial charge in [-0.05, 0) is 18.1 Å². The summed E-state index contributed by atoms with van der Waals surface area (Å²) >= 11 is 4.87. The Hall–Kier alpha value is -0.0582. The number of aliphatic hydroxyl groups is 1. The first-order chi connectivity index (χ1) is 16.5. The predicted molar refractivity (Wildman–Crippen MR) is 146 cm³/mol. The Kier molecular flexibility index (Phi) is 11.1. The summed E-state index contributed by atoms with van der Waals surface area (Å²) in [5.41, 5.74) is 1.22. The molecular formula is C24H42BNO6PSSi+. The fourth-order valence-corrected chi connectivity index (χ4v) is 6.52. The summed E-state index contributed by atoms with van der Waals surface area (Å²) in [5.74, 6) is 0.396. The van der Waals surface area contributed by atoms with Crippen LogP contribution in [-0.4, -0.2) is 82.5 Å². The Morgan fingerprint density at radius 2 is 1.94 bits per heavy atom. The van der Waals surface area contributed by atoms with Crippen LogP contribution >= 0.6 is 6.85 Å². The van der Waals surface area contributed by atoms with Crippen molar-refractivity contribution in [2.45, 2.75) is 114 Å². The number of aliphatic imine (C=N–C) groups is 1. The van der Waals surface area contributed by atoms with E-state index >= 15 is 0 Å². The van der Waals surface area contributed by atoms with Crippen LogP contribution in [0.5, 0.6) is 0 Å². The van der Waals surface area contributed by atoms with Crippen LogP contribution in [0.25, 0.3) is 0 Å². The molecule has 7 nitrogen and oxygen atoms in total.